The first-order valence-electron chi connectivity index (χ1n) is 7.47. The van der Waals surface area contributed by atoms with Crippen molar-refractivity contribution in [1.29, 1.82) is 0 Å². The highest BCUT2D eigenvalue weighted by atomic mass is 35.5. The van der Waals surface area contributed by atoms with Gasteiger partial charge >= 0.3 is 0 Å². The molecule has 0 heterocycles. The van der Waals surface area contributed by atoms with Crippen molar-refractivity contribution in [3.8, 4) is 0 Å². The number of aliphatic hydroxyl groups excluding tert-OH is 1. The van der Waals surface area contributed by atoms with Crippen molar-refractivity contribution in [2.75, 3.05) is 13.6 Å². The summed E-state index contributed by atoms with van der Waals surface area (Å²) in [4.78, 5) is 2.27. The van der Waals surface area contributed by atoms with Crippen LogP contribution in [0, 0.1) is 11.3 Å². The van der Waals surface area contributed by atoms with Gasteiger partial charge in [0.15, 0.2) is 0 Å². The standard InChI is InChI=1S/C17H26ClNO/c1-17(2)9-8-16(20)14(10-17)12-19(3)11-13-6-4-5-7-15(13)18/h4-7,14,16,20H,8-12H2,1-3H3. The Balaban J connectivity index is 1.94. The molecule has 0 radical (unpaired) electrons. The summed E-state index contributed by atoms with van der Waals surface area (Å²) in [6.45, 7) is 6.37. The quantitative estimate of drug-likeness (QED) is 0.909. The van der Waals surface area contributed by atoms with Crippen molar-refractivity contribution >= 4 is 11.6 Å². The molecule has 1 aromatic rings. The number of benzene rings is 1. The van der Waals surface area contributed by atoms with Gasteiger partial charge in [0.2, 0.25) is 0 Å². The van der Waals surface area contributed by atoms with Crippen LogP contribution in [0.4, 0.5) is 0 Å². The van der Waals surface area contributed by atoms with Crippen molar-refractivity contribution in [3.05, 3.63) is 34.9 Å². The summed E-state index contributed by atoms with van der Waals surface area (Å²) < 4.78 is 0. The molecule has 0 bridgehead atoms. The van der Waals surface area contributed by atoms with E-state index >= 15 is 0 Å². The molecule has 2 unspecified atom stereocenters. The number of halogens is 1. The first kappa shape index (κ1) is 15.8. The van der Waals surface area contributed by atoms with E-state index in [9.17, 15) is 5.11 Å². The molecule has 1 fully saturated rings. The topological polar surface area (TPSA) is 23.5 Å². The molecule has 112 valence electrons. The molecule has 0 saturated heterocycles. The Morgan fingerprint density at radius 1 is 1.35 bits per heavy atom. The van der Waals surface area contributed by atoms with E-state index in [1.54, 1.807) is 0 Å². The largest absolute Gasteiger partial charge is 0.393 e. The number of rotatable bonds is 4. The second-order valence-corrected chi connectivity index (χ2v) is 7.43. The van der Waals surface area contributed by atoms with E-state index < -0.39 is 0 Å². The molecule has 2 atom stereocenters. The molecule has 1 aliphatic carbocycles. The fourth-order valence-electron chi connectivity index (χ4n) is 3.29. The summed E-state index contributed by atoms with van der Waals surface area (Å²) in [6, 6.07) is 7.98. The van der Waals surface area contributed by atoms with Crippen LogP contribution < -0.4 is 0 Å². The SMILES string of the molecule is CN(Cc1ccccc1Cl)CC1CC(C)(C)CCC1O. The first-order valence-corrected chi connectivity index (χ1v) is 7.85. The van der Waals surface area contributed by atoms with Crippen molar-refractivity contribution < 1.29 is 5.11 Å². The van der Waals surface area contributed by atoms with Crippen LogP contribution >= 0.6 is 11.6 Å². The van der Waals surface area contributed by atoms with Gasteiger partial charge in [-0.05, 0) is 49.3 Å². The molecule has 1 aliphatic rings. The monoisotopic (exact) mass is 295 g/mol. The second kappa shape index (κ2) is 6.46. The Hall–Kier alpha value is -0.570. The number of aliphatic hydroxyl groups is 1. The highest BCUT2D eigenvalue weighted by Crippen LogP contribution is 2.39. The van der Waals surface area contributed by atoms with E-state index in [0.29, 0.717) is 11.3 Å². The number of hydrogen-bond donors (Lipinski definition) is 1. The maximum atomic E-state index is 10.2. The summed E-state index contributed by atoms with van der Waals surface area (Å²) >= 11 is 6.21. The van der Waals surface area contributed by atoms with Crippen LogP contribution in [0.5, 0.6) is 0 Å². The van der Waals surface area contributed by atoms with Crippen LogP contribution in [0.25, 0.3) is 0 Å². The lowest BCUT2D eigenvalue weighted by Crippen LogP contribution is -2.39. The Morgan fingerprint density at radius 3 is 2.75 bits per heavy atom. The zero-order chi connectivity index (χ0) is 14.8. The Labute approximate surface area is 127 Å². The van der Waals surface area contributed by atoms with E-state index in [0.717, 1.165) is 42.9 Å². The van der Waals surface area contributed by atoms with Gasteiger partial charge in [-0.25, -0.2) is 0 Å². The van der Waals surface area contributed by atoms with E-state index in [4.69, 9.17) is 11.6 Å². The second-order valence-electron chi connectivity index (χ2n) is 7.02. The van der Waals surface area contributed by atoms with E-state index in [1.165, 1.54) is 0 Å². The summed E-state index contributed by atoms with van der Waals surface area (Å²) in [5, 5.41) is 11.0. The maximum Gasteiger partial charge on any atom is 0.0581 e. The molecule has 1 N–H and O–H groups in total. The van der Waals surface area contributed by atoms with Crippen molar-refractivity contribution in [2.24, 2.45) is 11.3 Å². The summed E-state index contributed by atoms with van der Waals surface area (Å²) in [5.41, 5.74) is 1.51. The molecule has 2 rings (SSSR count). The summed E-state index contributed by atoms with van der Waals surface area (Å²) in [5.74, 6) is 0.367. The molecule has 20 heavy (non-hydrogen) atoms. The Bertz CT molecular complexity index is 446. The summed E-state index contributed by atoms with van der Waals surface area (Å²) in [6.07, 6.45) is 2.99. The third kappa shape index (κ3) is 4.21. The van der Waals surface area contributed by atoms with Crippen molar-refractivity contribution in [1.82, 2.24) is 4.90 Å². The van der Waals surface area contributed by atoms with Crippen molar-refractivity contribution in [3.63, 3.8) is 0 Å². The highest BCUT2D eigenvalue weighted by Gasteiger charge is 2.34. The molecule has 0 amide bonds. The Kier molecular flexibility index (Phi) is 5.11. The van der Waals surface area contributed by atoms with Crippen LogP contribution in [0.2, 0.25) is 5.02 Å². The maximum absolute atomic E-state index is 10.2. The van der Waals surface area contributed by atoms with E-state index in [2.05, 4.69) is 31.9 Å². The lowest BCUT2D eigenvalue weighted by atomic mass is 9.71. The smallest absolute Gasteiger partial charge is 0.0581 e. The molecule has 1 aromatic carbocycles. The van der Waals surface area contributed by atoms with Gasteiger partial charge in [0.1, 0.15) is 0 Å². The average molecular weight is 296 g/mol. The van der Waals surface area contributed by atoms with Crippen LogP contribution in [0.15, 0.2) is 24.3 Å². The zero-order valence-corrected chi connectivity index (χ0v) is 13.5. The zero-order valence-electron chi connectivity index (χ0n) is 12.8. The van der Waals surface area contributed by atoms with Crippen molar-refractivity contribution in [2.45, 2.75) is 45.8 Å². The van der Waals surface area contributed by atoms with Gasteiger partial charge in [-0.3, -0.25) is 0 Å². The predicted octanol–water partition coefficient (Wildman–Crippen LogP) is 3.96. The third-order valence-electron chi connectivity index (χ3n) is 4.42. The molecule has 0 spiro atoms. The van der Waals surface area contributed by atoms with Gasteiger partial charge in [0, 0.05) is 18.1 Å². The minimum Gasteiger partial charge on any atom is -0.393 e. The molecule has 2 nitrogen and oxygen atoms in total. The fraction of sp³-hybridized carbons (Fsp3) is 0.647. The van der Waals surface area contributed by atoms with Crippen LogP contribution in [0.1, 0.15) is 38.7 Å². The fourth-order valence-corrected chi connectivity index (χ4v) is 3.49. The molecule has 1 saturated carbocycles. The van der Waals surface area contributed by atoms with Crippen LogP contribution in [0.3, 0.4) is 0 Å². The number of nitrogens with zero attached hydrogens (tertiary/aromatic N) is 1. The van der Waals surface area contributed by atoms with Gasteiger partial charge in [-0.2, -0.15) is 0 Å². The van der Waals surface area contributed by atoms with Gasteiger partial charge < -0.3 is 10.0 Å². The molecular formula is C17H26ClNO. The summed E-state index contributed by atoms with van der Waals surface area (Å²) in [7, 11) is 2.11. The van der Waals surface area contributed by atoms with E-state index in [-0.39, 0.29) is 6.10 Å². The molecule has 0 aliphatic heterocycles. The van der Waals surface area contributed by atoms with Gasteiger partial charge in [0.05, 0.1) is 6.10 Å². The van der Waals surface area contributed by atoms with Gasteiger partial charge in [-0.15, -0.1) is 0 Å². The highest BCUT2D eigenvalue weighted by molar-refractivity contribution is 6.31. The first-order chi connectivity index (χ1) is 9.37. The molecular weight excluding hydrogens is 270 g/mol. The molecule has 3 heteroatoms. The predicted molar refractivity (Wildman–Crippen MR) is 84.9 cm³/mol. The average Bonchev–Trinajstić information content (AvgIpc) is 2.36. The minimum absolute atomic E-state index is 0.156. The van der Waals surface area contributed by atoms with Crippen LogP contribution in [-0.4, -0.2) is 29.7 Å². The normalized spacial score (nSPS) is 25.9. The molecule has 0 aromatic heterocycles. The minimum atomic E-state index is -0.156. The Morgan fingerprint density at radius 2 is 2.05 bits per heavy atom. The number of hydrogen-bond acceptors (Lipinski definition) is 2. The van der Waals surface area contributed by atoms with E-state index in [1.807, 2.05) is 18.2 Å². The van der Waals surface area contributed by atoms with Gasteiger partial charge in [0.25, 0.3) is 0 Å². The third-order valence-corrected chi connectivity index (χ3v) is 4.79. The van der Waals surface area contributed by atoms with Crippen LogP contribution in [-0.2, 0) is 6.54 Å². The lowest BCUT2D eigenvalue weighted by Gasteiger charge is -2.40. The van der Waals surface area contributed by atoms with Gasteiger partial charge in [-0.1, -0.05) is 43.6 Å². The lowest BCUT2D eigenvalue weighted by molar-refractivity contribution is 0.00674.